The van der Waals surface area contributed by atoms with Crippen LogP contribution in [0.4, 0.5) is 11.4 Å². The second-order valence-electron chi connectivity index (χ2n) is 10.1. The molecule has 0 unspecified atom stereocenters. The van der Waals surface area contributed by atoms with E-state index < -0.39 is 12.0 Å². The van der Waals surface area contributed by atoms with Crippen molar-refractivity contribution in [3.63, 3.8) is 0 Å². The zero-order chi connectivity index (χ0) is 29.9. The van der Waals surface area contributed by atoms with Crippen LogP contribution in [0.1, 0.15) is 46.8 Å². The number of aliphatic carboxylic acids is 1. The van der Waals surface area contributed by atoms with Crippen LogP contribution in [0.3, 0.4) is 0 Å². The van der Waals surface area contributed by atoms with E-state index in [-0.39, 0.29) is 18.1 Å². The van der Waals surface area contributed by atoms with Gasteiger partial charge in [0.15, 0.2) is 5.78 Å². The molecule has 0 fully saturated rings. The number of aryl methyl sites for hydroxylation is 1. The zero-order valence-corrected chi connectivity index (χ0v) is 24.0. The Balaban J connectivity index is 1.34. The lowest BCUT2D eigenvalue weighted by molar-refractivity contribution is -0.137. The molecule has 0 saturated heterocycles. The molecule has 0 aromatic heterocycles. The molecule has 0 aliphatic rings. The summed E-state index contributed by atoms with van der Waals surface area (Å²) in [6, 6.07) is 30.1. The monoisotopic (exact) mass is 564 g/mol. The number of ketones is 1. The van der Waals surface area contributed by atoms with Crippen LogP contribution in [0.5, 0.6) is 5.75 Å². The highest BCUT2D eigenvalue weighted by atomic mass is 16.5. The first-order valence-corrected chi connectivity index (χ1v) is 14.1. The van der Waals surface area contributed by atoms with Crippen LogP contribution >= 0.6 is 0 Å². The van der Waals surface area contributed by atoms with Crippen LogP contribution in [0.25, 0.3) is 0 Å². The molecule has 0 spiro atoms. The van der Waals surface area contributed by atoms with Crippen molar-refractivity contribution in [3.8, 4) is 5.75 Å². The maximum absolute atomic E-state index is 13.1. The maximum Gasteiger partial charge on any atom is 0.326 e. The summed E-state index contributed by atoms with van der Waals surface area (Å²) in [6.07, 6.45) is 1.30. The molecule has 4 aromatic rings. The third kappa shape index (κ3) is 8.07. The lowest BCUT2D eigenvalue weighted by atomic mass is 10.00. The summed E-state index contributed by atoms with van der Waals surface area (Å²) in [5, 5.41) is 13.0. The summed E-state index contributed by atoms with van der Waals surface area (Å²) in [6.45, 7) is 4.86. The molecule has 42 heavy (non-hydrogen) atoms. The number of amides is 1. The zero-order valence-electron chi connectivity index (χ0n) is 24.0. The topological polar surface area (TPSA) is 95.9 Å². The predicted octanol–water partition coefficient (Wildman–Crippen LogP) is 6.55. The highest BCUT2D eigenvalue weighted by molar-refractivity contribution is 6.12. The van der Waals surface area contributed by atoms with E-state index in [4.69, 9.17) is 4.74 Å². The summed E-state index contributed by atoms with van der Waals surface area (Å²) >= 11 is 0. The largest absolute Gasteiger partial charge is 0.494 e. The van der Waals surface area contributed by atoms with Gasteiger partial charge in [0.1, 0.15) is 11.8 Å². The Morgan fingerprint density at radius 3 is 2.19 bits per heavy atom. The van der Waals surface area contributed by atoms with E-state index in [2.05, 4.69) is 5.32 Å². The lowest BCUT2D eigenvalue weighted by Crippen LogP contribution is -2.32. The third-order valence-electron chi connectivity index (χ3n) is 6.94. The molecule has 7 heteroatoms. The van der Waals surface area contributed by atoms with Gasteiger partial charge in [-0.1, -0.05) is 79.2 Å². The molecule has 1 atom stereocenters. The molecular weight excluding hydrogens is 528 g/mol. The van der Waals surface area contributed by atoms with E-state index in [1.165, 1.54) is 0 Å². The summed E-state index contributed by atoms with van der Waals surface area (Å²) < 4.78 is 5.90. The number of hydrogen-bond donors (Lipinski definition) is 2. The minimum absolute atomic E-state index is 0.0665. The highest BCUT2D eigenvalue weighted by Crippen LogP contribution is 2.22. The molecule has 1 amide bonds. The quantitative estimate of drug-likeness (QED) is 0.133. The Morgan fingerprint density at radius 2 is 1.52 bits per heavy atom. The Morgan fingerprint density at radius 1 is 0.857 bits per heavy atom. The fourth-order valence-corrected chi connectivity index (χ4v) is 4.62. The van der Waals surface area contributed by atoms with Gasteiger partial charge in [-0.3, -0.25) is 9.59 Å². The lowest BCUT2D eigenvalue weighted by Gasteiger charge is -2.22. The van der Waals surface area contributed by atoms with Gasteiger partial charge < -0.3 is 20.1 Å². The first kappa shape index (κ1) is 30.1. The molecule has 4 aromatic carbocycles. The number of carbonyl (C=O) groups excluding carboxylic acids is 2. The smallest absolute Gasteiger partial charge is 0.326 e. The van der Waals surface area contributed by atoms with E-state index in [1.54, 1.807) is 53.4 Å². The number of para-hydroxylation sites is 1. The normalized spacial score (nSPS) is 11.4. The van der Waals surface area contributed by atoms with Crippen LogP contribution in [-0.4, -0.2) is 42.0 Å². The second-order valence-corrected chi connectivity index (χ2v) is 10.1. The van der Waals surface area contributed by atoms with Gasteiger partial charge in [-0.25, -0.2) is 4.79 Å². The maximum atomic E-state index is 13.1. The third-order valence-corrected chi connectivity index (χ3v) is 6.94. The van der Waals surface area contributed by atoms with Gasteiger partial charge in [-0.2, -0.15) is 0 Å². The van der Waals surface area contributed by atoms with Gasteiger partial charge in [0.25, 0.3) is 0 Å². The van der Waals surface area contributed by atoms with Gasteiger partial charge in [0.05, 0.1) is 6.61 Å². The van der Waals surface area contributed by atoms with Crippen LogP contribution in [0.2, 0.25) is 0 Å². The minimum atomic E-state index is -1.02. The van der Waals surface area contributed by atoms with Gasteiger partial charge >= 0.3 is 5.97 Å². The number of rotatable bonds is 14. The summed E-state index contributed by atoms with van der Waals surface area (Å²) in [4.78, 5) is 39.5. The van der Waals surface area contributed by atoms with Crippen molar-refractivity contribution >= 4 is 29.0 Å². The Kier molecular flexibility index (Phi) is 10.5. The van der Waals surface area contributed by atoms with Crippen molar-refractivity contribution in [1.29, 1.82) is 0 Å². The molecule has 0 bridgehead atoms. The van der Waals surface area contributed by atoms with Gasteiger partial charge in [0.2, 0.25) is 5.91 Å². The van der Waals surface area contributed by atoms with Crippen LogP contribution in [0, 0.1) is 6.92 Å². The number of anilines is 2. The number of benzene rings is 4. The van der Waals surface area contributed by atoms with E-state index in [0.717, 1.165) is 16.8 Å². The molecule has 0 aliphatic carbocycles. The Hall–Kier alpha value is -4.91. The molecular formula is C35H36N2O5. The van der Waals surface area contributed by atoms with Gasteiger partial charge in [-0.15, -0.1) is 0 Å². The fraction of sp³-hybridized carbons (Fsp3) is 0.229. The number of carbonyl (C=O) groups is 3. The molecule has 0 radical (unpaired) electrons. The van der Waals surface area contributed by atoms with Crippen molar-refractivity contribution in [2.24, 2.45) is 0 Å². The number of carboxylic acids is 1. The number of hydrogen-bond acceptors (Lipinski definition) is 5. The first-order valence-electron chi connectivity index (χ1n) is 14.1. The van der Waals surface area contributed by atoms with Crippen molar-refractivity contribution < 1.29 is 24.2 Å². The molecule has 216 valence electrons. The summed E-state index contributed by atoms with van der Waals surface area (Å²) in [7, 11) is 0. The van der Waals surface area contributed by atoms with E-state index in [9.17, 15) is 19.5 Å². The van der Waals surface area contributed by atoms with Crippen LogP contribution in [-0.2, 0) is 16.0 Å². The average Bonchev–Trinajstić information content (AvgIpc) is 3.02. The highest BCUT2D eigenvalue weighted by Gasteiger charge is 2.21. The average molecular weight is 565 g/mol. The van der Waals surface area contributed by atoms with Crippen molar-refractivity contribution in [1.82, 2.24) is 0 Å². The summed E-state index contributed by atoms with van der Waals surface area (Å²) in [5.74, 6) is -0.458. The van der Waals surface area contributed by atoms with Crippen LogP contribution in [0.15, 0.2) is 103 Å². The van der Waals surface area contributed by atoms with Crippen LogP contribution < -0.4 is 15.0 Å². The van der Waals surface area contributed by atoms with Crippen molar-refractivity contribution in [2.45, 2.75) is 39.2 Å². The Bertz CT molecular complexity index is 1480. The van der Waals surface area contributed by atoms with Gasteiger partial charge in [-0.05, 0) is 55.3 Å². The molecule has 0 aliphatic heterocycles. The van der Waals surface area contributed by atoms with E-state index in [0.29, 0.717) is 48.6 Å². The van der Waals surface area contributed by atoms with Crippen molar-refractivity contribution in [2.75, 3.05) is 23.4 Å². The van der Waals surface area contributed by atoms with E-state index >= 15 is 0 Å². The summed E-state index contributed by atoms with van der Waals surface area (Å²) in [5.41, 5.74) is 4.26. The number of ether oxygens (including phenoxy) is 1. The second kappa shape index (κ2) is 14.6. The minimum Gasteiger partial charge on any atom is -0.494 e. The fourth-order valence-electron chi connectivity index (χ4n) is 4.62. The Labute approximate surface area is 246 Å². The first-order chi connectivity index (χ1) is 20.4. The molecule has 0 saturated carbocycles. The standard InChI is InChI=1S/C35H36N2O5/c1-3-33(38)37(28-18-14-25(2)15-19-28)22-9-23-42-29-20-16-26(17-21-29)24-32(35(40)41)36-31-13-8-7-12-30(31)34(39)27-10-5-4-6-11-27/h4-8,10-21,32,36H,3,9,22-24H2,1-2H3,(H,40,41)/t32-/m0/s1. The number of nitrogens with zero attached hydrogens (tertiary/aromatic N) is 1. The van der Waals surface area contributed by atoms with Crippen molar-refractivity contribution in [3.05, 3.63) is 125 Å². The van der Waals surface area contributed by atoms with E-state index in [1.807, 2.05) is 68.4 Å². The SMILES string of the molecule is CCC(=O)N(CCCOc1ccc(C[C@H](Nc2ccccc2C(=O)c2ccccc2)C(=O)O)cc1)c1ccc(C)cc1. The molecule has 4 rings (SSSR count). The molecule has 7 nitrogen and oxygen atoms in total. The molecule has 0 heterocycles. The molecule has 2 N–H and O–H groups in total. The predicted molar refractivity (Wildman–Crippen MR) is 165 cm³/mol. The number of nitrogens with one attached hydrogen (secondary N) is 1. The number of carboxylic acid groups (broad SMARTS) is 1. The van der Waals surface area contributed by atoms with Gasteiger partial charge in [0, 0.05) is 41.9 Å².